The van der Waals surface area contributed by atoms with E-state index in [0.29, 0.717) is 22.4 Å². The average molecular weight is 416 g/mol. The third-order valence-corrected chi connectivity index (χ3v) is 4.75. The van der Waals surface area contributed by atoms with Gasteiger partial charge in [-0.1, -0.05) is 12.1 Å². The van der Waals surface area contributed by atoms with Crippen molar-refractivity contribution in [3.63, 3.8) is 0 Å². The van der Waals surface area contributed by atoms with E-state index in [1.54, 1.807) is 18.2 Å². The molecular weight excluding hydrogens is 402 g/mol. The number of nitrogens with zero attached hydrogens (tertiary/aromatic N) is 4. The molecule has 0 fully saturated rings. The number of methoxy groups -OCH3 is 1. The van der Waals surface area contributed by atoms with Gasteiger partial charge in [-0.15, -0.1) is 5.10 Å². The monoisotopic (exact) mass is 416 g/mol. The van der Waals surface area contributed by atoms with Crippen LogP contribution in [-0.4, -0.2) is 28.3 Å². The Morgan fingerprint density at radius 3 is 2.41 bits per heavy atom. The lowest BCUT2D eigenvalue weighted by atomic mass is 10.1. The van der Waals surface area contributed by atoms with Gasteiger partial charge in [0.05, 0.1) is 18.4 Å². The average Bonchev–Trinajstić information content (AvgIpc) is 3.25. The lowest BCUT2D eigenvalue weighted by Gasteiger charge is -2.26. The number of alkyl halides is 6. The lowest BCUT2D eigenvalue weighted by Crippen LogP contribution is -2.23. The SMILES string of the molecule is COc1cccc2c1N(c1c(C(F)(F)F)cc(C)c3nc(C(F)(F)F)nn13)CC2. The molecule has 1 aliphatic rings. The highest BCUT2D eigenvalue weighted by molar-refractivity contribution is 5.77. The summed E-state index contributed by atoms with van der Waals surface area (Å²) >= 11 is 0. The Bertz CT molecular complexity index is 1100. The minimum Gasteiger partial charge on any atom is -0.495 e. The predicted molar refractivity (Wildman–Crippen MR) is 91.4 cm³/mol. The molecule has 5 nitrogen and oxygen atoms in total. The summed E-state index contributed by atoms with van der Waals surface area (Å²) in [4.78, 5) is 4.73. The van der Waals surface area contributed by atoms with Crippen LogP contribution in [0.1, 0.15) is 22.5 Å². The van der Waals surface area contributed by atoms with Crippen LogP contribution in [0.25, 0.3) is 5.65 Å². The van der Waals surface area contributed by atoms with Crippen molar-refractivity contribution < 1.29 is 31.1 Å². The van der Waals surface area contributed by atoms with Gasteiger partial charge in [0.15, 0.2) is 5.65 Å². The van der Waals surface area contributed by atoms with Gasteiger partial charge < -0.3 is 9.64 Å². The first-order chi connectivity index (χ1) is 13.5. The largest absolute Gasteiger partial charge is 0.495 e. The molecule has 0 saturated carbocycles. The van der Waals surface area contributed by atoms with E-state index in [0.717, 1.165) is 11.6 Å². The third kappa shape index (κ3) is 3.04. The maximum Gasteiger partial charge on any atom is 0.453 e. The molecule has 0 radical (unpaired) electrons. The molecule has 2 aromatic heterocycles. The molecule has 3 heterocycles. The van der Waals surface area contributed by atoms with Crippen molar-refractivity contribution in [2.75, 3.05) is 18.6 Å². The van der Waals surface area contributed by atoms with Gasteiger partial charge in [0.2, 0.25) is 0 Å². The summed E-state index contributed by atoms with van der Waals surface area (Å²) < 4.78 is 87.0. The summed E-state index contributed by atoms with van der Waals surface area (Å²) in [5.74, 6) is -1.71. The van der Waals surface area contributed by atoms with Crippen LogP contribution in [0.3, 0.4) is 0 Å². The predicted octanol–water partition coefficient (Wildman–Crippen LogP) is 4.78. The van der Waals surface area contributed by atoms with Gasteiger partial charge >= 0.3 is 12.4 Å². The van der Waals surface area contributed by atoms with E-state index < -0.39 is 29.6 Å². The Morgan fingerprint density at radius 2 is 1.79 bits per heavy atom. The van der Waals surface area contributed by atoms with Gasteiger partial charge in [-0.2, -0.15) is 30.9 Å². The molecule has 1 aliphatic heterocycles. The molecule has 0 amide bonds. The number of hydrogen-bond acceptors (Lipinski definition) is 4. The van der Waals surface area contributed by atoms with Crippen molar-refractivity contribution in [3.05, 3.63) is 46.8 Å². The van der Waals surface area contributed by atoms with Gasteiger partial charge in [0, 0.05) is 6.54 Å². The van der Waals surface area contributed by atoms with Crippen LogP contribution in [0.2, 0.25) is 0 Å². The first-order valence-electron chi connectivity index (χ1n) is 8.50. The second-order valence-corrected chi connectivity index (χ2v) is 6.60. The highest BCUT2D eigenvalue weighted by atomic mass is 19.4. The Kier molecular flexibility index (Phi) is 4.18. The molecule has 0 bridgehead atoms. The van der Waals surface area contributed by atoms with Crippen molar-refractivity contribution in [3.8, 4) is 5.75 Å². The van der Waals surface area contributed by atoms with E-state index in [4.69, 9.17) is 4.74 Å². The fourth-order valence-electron chi connectivity index (χ4n) is 3.56. The molecule has 0 N–H and O–H groups in total. The molecule has 1 aromatic carbocycles. The zero-order valence-corrected chi connectivity index (χ0v) is 15.2. The van der Waals surface area contributed by atoms with Crippen molar-refractivity contribution in [1.82, 2.24) is 14.6 Å². The minimum atomic E-state index is -4.89. The van der Waals surface area contributed by atoms with Gasteiger partial charge in [0.1, 0.15) is 11.6 Å². The summed E-state index contributed by atoms with van der Waals surface area (Å²) in [5, 5.41) is 3.39. The molecule has 11 heteroatoms. The van der Waals surface area contributed by atoms with Crippen molar-refractivity contribution in [2.45, 2.75) is 25.7 Å². The van der Waals surface area contributed by atoms with Crippen molar-refractivity contribution in [2.24, 2.45) is 0 Å². The summed E-state index contributed by atoms with van der Waals surface area (Å²) in [7, 11) is 1.37. The molecule has 0 unspecified atom stereocenters. The number of pyridine rings is 1. The van der Waals surface area contributed by atoms with Gasteiger partial charge in [0.25, 0.3) is 5.82 Å². The van der Waals surface area contributed by atoms with E-state index >= 15 is 0 Å². The summed E-state index contributed by atoms with van der Waals surface area (Å²) in [6.07, 6.45) is -9.31. The Hall–Kier alpha value is -2.98. The number of ether oxygens (including phenoxy) is 1. The first-order valence-corrected chi connectivity index (χ1v) is 8.50. The highest BCUT2D eigenvalue weighted by Crippen LogP contribution is 2.46. The van der Waals surface area contributed by atoms with Crippen LogP contribution in [0.4, 0.5) is 37.8 Å². The van der Waals surface area contributed by atoms with Crippen molar-refractivity contribution >= 4 is 17.2 Å². The number of hydrogen-bond donors (Lipinski definition) is 0. The molecule has 0 aliphatic carbocycles. The molecule has 0 spiro atoms. The first kappa shape index (κ1) is 19.3. The lowest BCUT2D eigenvalue weighted by molar-refractivity contribution is -0.144. The van der Waals surface area contributed by atoms with Gasteiger partial charge in [-0.25, -0.2) is 4.98 Å². The number of benzene rings is 1. The van der Waals surface area contributed by atoms with Gasteiger partial charge in [-0.3, -0.25) is 0 Å². The molecule has 0 saturated heterocycles. The van der Waals surface area contributed by atoms with Crippen LogP contribution in [-0.2, 0) is 18.8 Å². The van der Waals surface area contributed by atoms with E-state index in [1.165, 1.54) is 18.9 Å². The molecule has 29 heavy (non-hydrogen) atoms. The maximum absolute atomic E-state index is 13.9. The number of rotatable bonds is 2. The number of anilines is 2. The highest BCUT2D eigenvalue weighted by Gasteiger charge is 2.42. The Labute approximate surface area is 160 Å². The Morgan fingerprint density at radius 1 is 1.07 bits per heavy atom. The second-order valence-electron chi connectivity index (χ2n) is 6.60. The fourth-order valence-corrected chi connectivity index (χ4v) is 3.56. The van der Waals surface area contributed by atoms with Crippen LogP contribution >= 0.6 is 0 Å². The number of halogens is 6. The van der Waals surface area contributed by atoms with E-state index in [9.17, 15) is 26.3 Å². The normalized spacial score (nSPS) is 14.6. The number of aryl methyl sites for hydroxylation is 1. The molecule has 4 rings (SSSR count). The standard InChI is InChI=1S/C18H14F6N4O/c1-9-8-11(17(19,20)21)15(28-14(9)25-16(26-28)18(22,23)24)27-7-6-10-4-3-5-12(29-2)13(10)27/h3-5,8H,6-7H2,1-2H3. The molecular formula is C18H14F6N4O. The second kappa shape index (κ2) is 6.26. The number of aromatic nitrogens is 3. The molecule has 3 aromatic rings. The molecule has 154 valence electrons. The van der Waals surface area contributed by atoms with Crippen molar-refractivity contribution in [1.29, 1.82) is 0 Å². The van der Waals surface area contributed by atoms with Gasteiger partial charge in [-0.05, 0) is 36.6 Å². The smallest absolute Gasteiger partial charge is 0.453 e. The number of para-hydroxylation sites is 1. The van der Waals surface area contributed by atoms with E-state index in [2.05, 4.69) is 10.1 Å². The van der Waals surface area contributed by atoms with Crippen LogP contribution < -0.4 is 9.64 Å². The van der Waals surface area contributed by atoms with E-state index in [-0.39, 0.29) is 17.8 Å². The Balaban J connectivity index is 2.07. The fraction of sp³-hybridized carbons (Fsp3) is 0.333. The summed E-state index contributed by atoms with van der Waals surface area (Å²) in [6.45, 7) is 1.39. The summed E-state index contributed by atoms with van der Waals surface area (Å²) in [5.41, 5.74) is -0.357. The van der Waals surface area contributed by atoms with Crippen LogP contribution in [0, 0.1) is 6.92 Å². The van der Waals surface area contributed by atoms with E-state index in [1.807, 2.05) is 0 Å². The summed E-state index contributed by atoms with van der Waals surface area (Å²) in [6, 6.07) is 5.82. The number of fused-ring (bicyclic) bond motifs is 2. The zero-order valence-electron chi connectivity index (χ0n) is 15.2. The van der Waals surface area contributed by atoms with Crippen LogP contribution in [0.15, 0.2) is 24.3 Å². The van der Waals surface area contributed by atoms with Crippen LogP contribution in [0.5, 0.6) is 5.75 Å². The third-order valence-electron chi connectivity index (χ3n) is 4.75. The quantitative estimate of drug-likeness (QED) is 0.564. The maximum atomic E-state index is 13.9. The minimum absolute atomic E-state index is 0.0662. The molecule has 0 atom stereocenters. The zero-order chi connectivity index (χ0) is 21.1. The topological polar surface area (TPSA) is 42.7 Å².